The molecule has 82 heavy (non-hydrogen) atoms. The van der Waals surface area contributed by atoms with Crippen molar-refractivity contribution in [1.29, 1.82) is 0 Å². The number of pyridine rings is 1. The van der Waals surface area contributed by atoms with E-state index in [0.717, 1.165) is 72.4 Å². The molecule has 0 atom stereocenters. The predicted octanol–water partition coefficient (Wildman–Crippen LogP) is 22.5. The summed E-state index contributed by atoms with van der Waals surface area (Å²) in [5.74, 6) is 4.40. The van der Waals surface area contributed by atoms with Gasteiger partial charge in [0.2, 0.25) is 0 Å². The van der Waals surface area contributed by atoms with Gasteiger partial charge in [-0.05, 0) is 158 Å². The van der Waals surface area contributed by atoms with Gasteiger partial charge in [0.25, 0.3) is 0 Å². The second-order valence-electron chi connectivity index (χ2n) is 26.0. The summed E-state index contributed by atoms with van der Waals surface area (Å²) in [5.41, 5.74) is 23.3. The number of aromatic nitrogens is 2. The van der Waals surface area contributed by atoms with E-state index >= 15 is 0 Å². The van der Waals surface area contributed by atoms with Crippen LogP contribution < -0.4 is 14.5 Å². The van der Waals surface area contributed by atoms with Crippen LogP contribution in [0.25, 0.3) is 71.8 Å². The number of hydrogen-bond acceptors (Lipinski definition) is 5. The third-order valence-corrected chi connectivity index (χ3v) is 17.3. The summed E-state index contributed by atoms with van der Waals surface area (Å²) in [6, 6.07) is 58.4. The largest absolute Gasteiger partial charge is 0.457 e. The number of hydrogen-bond donors (Lipinski definition) is 0. The average molecular weight is 1080 g/mol. The first-order valence-corrected chi connectivity index (χ1v) is 30.0. The van der Waals surface area contributed by atoms with Gasteiger partial charge in [-0.3, -0.25) is 4.57 Å². The van der Waals surface area contributed by atoms with Crippen molar-refractivity contribution in [2.24, 2.45) is 0 Å². The van der Waals surface area contributed by atoms with Gasteiger partial charge >= 0.3 is 0 Å². The van der Waals surface area contributed by atoms with Crippen molar-refractivity contribution >= 4 is 66.5 Å². The molecule has 0 saturated carbocycles. The van der Waals surface area contributed by atoms with Crippen molar-refractivity contribution in [3.63, 3.8) is 0 Å². The Morgan fingerprint density at radius 3 is 1.61 bits per heavy atom. The van der Waals surface area contributed by atoms with Gasteiger partial charge in [0.05, 0.1) is 33.5 Å². The first kappa shape index (κ1) is 54.5. The Balaban J connectivity index is 1.01. The van der Waals surface area contributed by atoms with Crippen LogP contribution in [0.1, 0.15) is 178 Å². The molecule has 8 aromatic carbocycles. The number of fused-ring (bicyclic) bond motifs is 8. The van der Waals surface area contributed by atoms with Gasteiger partial charge in [0.15, 0.2) is 0 Å². The smallest absolute Gasteiger partial charge is 0.145 e. The maximum absolute atomic E-state index is 7.04. The molecule has 6 nitrogen and oxygen atoms in total. The summed E-state index contributed by atoms with van der Waals surface area (Å²) in [6.07, 6.45) is 1.93. The first-order chi connectivity index (χ1) is 39.3. The summed E-state index contributed by atoms with van der Waals surface area (Å²) >= 11 is 0. The normalized spacial score (nSPS) is 13.1. The molecule has 4 heterocycles. The molecular weight excluding hydrogens is 1000 g/mol. The van der Waals surface area contributed by atoms with E-state index < -0.39 is 0 Å². The Morgan fingerprint density at radius 1 is 0.476 bits per heavy atom. The quantitative estimate of drug-likeness (QED) is 0.115. The van der Waals surface area contributed by atoms with E-state index in [1.807, 2.05) is 12.3 Å². The van der Waals surface area contributed by atoms with E-state index in [1.54, 1.807) is 0 Å². The van der Waals surface area contributed by atoms with Crippen LogP contribution in [0.2, 0.25) is 0 Å². The molecule has 0 amide bonds. The summed E-state index contributed by atoms with van der Waals surface area (Å²) < 4.78 is 16.0. The standard InChI is InChI=1S/C76H80N4O2/c1-44(2)50-36-61(46(5)6)71(62(37-50)47(7)8)59-25-21-26-60(72-63(48(9)10)38-51(45(3)4)39-64(72)49(11)12)74(59)79-43-78(65-27-17-18-28-66(65)79)53-22-20-23-54(41-53)81-55-30-31-58-68(42-55)80(70-40-52(34-35-77-70)76(13,14)15)67-33-32-57-56-24-16-19-29-69(56)82-75(57)73(58)67/h16-42,44-49H,43H2,1-15H3. The molecule has 1 aliphatic heterocycles. The molecule has 0 radical (unpaired) electrons. The Hall–Kier alpha value is -8.09. The van der Waals surface area contributed by atoms with E-state index in [0.29, 0.717) is 42.2 Å². The van der Waals surface area contributed by atoms with Crippen LogP contribution in [0.5, 0.6) is 11.5 Å². The Bertz CT molecular complexity index is 4100. The van der Waals surface area contributed by atoms with Gasteiger partial charge in [0, 0.05) is 51.3 Å². The van der Waals surface area contributed by atoms with Crippen LogP contribution in [0.15, 0.2) is 168 Å². The Labute approximate surface area is 486 Å². The van der Waals surface area contributed by atoms with Crippen molar-refractivity contribution in [2.75, 3.05) is 16.5 Å². The fourth-order valence-corrected chi connectivity index (χ4v) is 12.8. The van der Waals surface area contributed by atoms with Crippen molar-refractivity contribution in [2.45, 2.75) is 145 Å². The molecule has 0 bridgehead atoms. The SMILES string of the molecule is CC(C)c1cc(C(C)C)c(-c2cccc(-c3c(C(C)C)cc(C(C)C)cc3C(C)C)c2N2CN(c3cccc(Oc4ccc5c6c7oc8ccccc8c7ccc6n(-c6cc(C(C)(C)C)ccn6)c5c4)c3)c3ccccc32)c(C(C)C)c1. The molecule has 0 unspecified atom stereocenters. The second-order valence-corrected chi connectivity index (χ2v) is 26.0. The number of para-hydroxylation sites is 4. The van der Waals surface area contributed by atoms with Gasteiger partial charge in [-0.1, -0.05) is 183 Å². The van der Waals surface area contributed by atoms with Gasteiger partial charge < -0.3 is 19.0 Å². The summed E-state index contributed by atoms with van der Waals surface area (Å²) in [6.45, 7) is 35.6. The van der Waals surface area contributed by atoms with E-state index in [2.05, 4.69) is 270 Å². The molecule has 0 spiro atoms. The van der Waals surface area contributed by atoms with Crippen LogP contribution in [-0.2, 0) is 5.41 Å². The molecule has 0 saturated heterocycles. The van der Waals surface area contributed by atoms with E-state index in [1.165, 1.54) is 72.6 Å². The molecule has 1 aliphatic rings. The van der Waals surface area contributed by atoms with Crippen molar-refractivity contribution in [1.82, 2.24) is 9.55 Å². The van der Waals surface area contributed by atoms with Gasteiger partial charge in [-0.2, -0.15) is 0 Å². The lowest BCUT2D eigenvalue weighted by Gasteiger charge is -2.32. The lowest BCUT2D eigenvalue weighted by molar-refractivity contribution is 0.483. The maximum atomic E-state index is 7.04. The van der Waals surface area contributed by atoms with Gasteiger partial charge in [-0.25, -0.2) is 4.98 Å². The molecule has 6 heteroatoms. The molecule has 0 fully saturated rings. The minimum absolute atomic E-state index is 0.0667. The molecule has 12 rings (SSSR count). The number of rotatable bonds is 13. The monoisotopic (exact) mass is 1080 g/mol. The minimum Gasteiger partial charge on any atom is -0.457 e. The zero-order valence-corrected chi connectivity index (χ0v) is 50.9. The molecule has 416 valence electrons. The molecule has 3 aromatic heterocycles. The second kappa shape index (κ2) is 21.0. The number of ether oxygens (including phenoxy) is 1. The van der Waals surface area contributed by atoms with Gasteiger partial charge in [0.1, 0.15) is 35.2 Å². The van der Waals surface area contributed by atoms with Crippen molar-refractivity contribution < 1.29 is 9.15 Å². The zero-order valence-electron chi connectivity index (χ0n) is 50.9. The maximum Gasteiger partial charge on any atom is 0.145 e. The number of nitrogens with zero attached hydrogens (tertiary/aromatic N) is 4. The van der Waals surface area contributed by atoms with Crippen LogP contribution in [0.3, 0.4) is 0 Å². The van der Waals surface area contributed by atoms with Crippen LogP contribution in [-0.4, -0.2) is 16.2 Å². The Kier molecular flexibility index (Phi) is 14.0. The Morgan fingerprint density at radius 2 is 1.02 bits per heavy atom. The number of benzene rings is 8. The third kappa shape index (κ3) is 9.42. The highest BCUT2D eigenvalue weighted by Crippen LogP contribution is 2.55. The predicted molar refractivity (Wildman–Crippen MR) is 349 cm³/mol. The average Bonchev–Trinajstić information content (AvgIpc) is 2.09. The molecule has 0 N–H and O–H groups in total. The minimum atomic E-state index is -0.0667. The fraction of sp³-hybridized carbons (Fsp3) is 0.303. The van der Waals surface area contributed by atoms with Crippen molar-refractivity contribution in [3.05, 3.63) is 203 Å². The summed E-state index contributed by atoms with van der Waals surface area (Å²) in [7, 11) is 0. The van der Waals surface area contributed by atoms with Gasteiger partial charge in [-0.15, -0.1) is 0 Å². The van der Waals surface area contributed by atoms with Crippen LogP contribution in [0.4, 0.5) is 22.7 Å². The zero-order chi connectivity index (χ0) is 57.6. The highest BCUT2D eigenvalue weighted by atomic mass is 16.5. The lowest BCUT2D eigenvalue weighted by Crippen LogP contribution is -2.25. The first-order valence-electron chi connectivity index (χ1n) is 30.0. The van der Waals surface area contributed by atoms with E-state index in [-0.39, 0.29) is 5.41 Å². The highest BCUT2D eigenvalue weighted by molar-refractivity contribution is 6.24. The molecular formula is C76H80N4O2. The van der Waals surface area contributed by atoms with Crippen molar-refractivity contribution in [3.8, 4) is 39.6 Å². The third-order valence-electron chi connectivity index (χ3n) is 17.3. The molecule has 11 aromatic rings. The fourth-order valence-electron chi connectivity index (χ4n) is 12.8. The number of anilines is 4. The summed E-state index contributed by atoms with van der Waals surface area (Å²) in [5, 5.41) is 4.34. The van der Waals surface area contributed by atoms with E-state index in [4.69, 9.17) is 14.1 Å². The van der Waals surface area contributed by atoms with Crippen LogP contribution in [0, 0.1) is 0 Å². The topological polar surface area (TPSA) is 46.7 Å². The lowest BCUT2D eigenvalue weighted by atomic mass is 9.78. The number of furan rings is 1. The molecule has 0 aliphatic carbocycles. The van der Waals surface area contributed by atoms with E-state index in [9.17, 15) is 0 Å². The summed E-state index contributed by atoms with van der Waals surface area (Å²) in [4.78, 5) is 10.1. The van der Waals surface area contributed by atoms with Crippen LogP contribution >= 0.6 is 0 Å². The highest BCUT2D eigenvalue weighted by Gasteiger charge is 2.35.